The van der Waals surface area contributed by atoms with Crippen LogP contribution in [0.2, 0.25) is 0 Å². The van der Waals surface area contributed by atoms with Gasteiger partial charge in [0.25, 0.3) is 5.91 Å². The second-order valence-corrected chi connectivity index (χ2v) is 5.40. The number of anilines is 2. The number of fused-ring (bicyclic) bond motifs is 2. The van der Waals surface area contributed by atoms with Crippen molar-refractivity contribution in [3.63, 3.8) is 0 Å². The van der Waals surface area contributed by atoms with Crippen LogP contribution in [0.5, 0.6) is 0 Å². The Bertz CT molecular complexity index is 680. The molecule has 0 aromatic heterocycles. The SMILES string of the molecule is O=C1Nc2ccccc2C1N1CCCc2ccccc21. The Morgan fingerprint density at radius 3 is 2.80 bits per heavy atom. The lowest BCUT2D eigenvalue weighted by Crippen LogP contribution is -2.37. The van der Waals surface area contributed by atoms with Crippen LogP contribution in [-0.4, -0.2) is 12.5 Å². The summed E-state index contributed by atoms with van der Waals surface area (Å²) in [6.45, 7) is 0.934. The van der Waals surface area contributed by atoms with Crippen LogP contribution < -0.4 is 10.2 Å². The molecule has 1 atom stereocenters. The molecular weight excluding hydrogens is 248 g/mol. The van der Waals surface area contributed by atoms with Gasteiger partial charge in [-0.25, -0.2) is 0 Å². The summed E-state index contributed by atoms with van der Waals surface area (Å²) in [4.78, 5) is 14.6. The van der Waals surface area contributed by atoms with Gasteiger partial charge in [0, 0.05) is 23.5 Å². The first-order chi connectivity index (χ1) is 9.84. The van der Waals surface area contributed by atoms with E-state index in [1.54, 1.807) is 0 Å². The topological polar surface area (TPSA) is 32.3 Å². The third kappa shape index (κ3) is 1.63. The van der Waals surface area contributed by atoms with Crippen molar-refractivity contribution in [3.05, 3.63) is 59.7 Å². The zero-order valence-corrected chi connectivity index (χ0v) is 11.2. The van der Waals surface area contributed by atoms with E-state index in [9.17, 15) is 4.79 Å². The average molecular weight is 264 g/mol. The molecular formula is C17H16N2O. The summed E-state index contributed by atoms with van der Waals surface area (Å²) in [5.41, 5.74) is 4.59. The van der Waals surface area contributed by atoms with E-state index in [4.69, 9.17) is 0 Å². The van der Waals surface area contributed by atoms with Gasteiger partial charge in [0.05, 0.1) is 0 Å². The van der Waals surface area contributed by atoms with E-state index in [0.29, 0.717) is 0 Å². The van der Waals surface area contributed by atoms with Crippen LogP contribution in [0.1, 0.15) is 23.6 Å². The van der Waals surface area contributed by atoms with Gasteiger partial charge < -0.3 is 10.2 Å². The maximum atomic E-state index is 12.4. The van der Waals surface area contributed by atoms with Crippen molar-refractivity contribution in [1.29, 1.82) is 0 Å². The maximum Gasteiger partial charge on any atom is 0.251 e. The Morgan fingerprint density at radius 2 is 1.85 bits per heavy atom. The monoisotopic (exact) mass is 264 g/mol. The van der Waals surface area contributed by atoms with Crippen LogP contribution >= 0.6 is 0 Å². The number of aryl methyl sites for hydroxylation is 1. The number of carbonyl (C=O) groups is 1. The molecule has 2 aromatic rings. The fourth-order valence-electron chi connectivity index (χ4n) is 3.33. The number of amides is 1. The summed E-state index contributed by atoms with van der Waals surface area (Å²) < 4.78 is 0. The van der Waals surface area contributed by atoms with Gasteiger partial charge in [0.1, 0.15) is 6.04 Å². The molecule has 0 radical (unpaired) electrons. The number of nitrogens with zero attached hydrogens (tertiary/aromatic N) is 1. The van der Waals surface area contributed by atoms with Crippen molar-refractivity contribution in [1.82, 2.24) is 0 Å². The zero-order chi connectivity index (χ0) is 13.5. The van der Waals surface area contributed by atoms with Crippen molar-refractivity contribution < 1.29 is 4.79 Å². The third-order valence-electron chi connectivity index (χ3n) is 4.22. The molecule has 0 aliphatic carbocycles. The minimum Gasteiger partial charge on any atom is -0.356 e. The molecule has 2 aromatic carbocycles. The highest BCUT2D eigenvalue weighted by Gasteiger charge is 2.36. The van der Waals surface area contributed by atoms with Gasteiger partial charge in [-0.05, 0) is 30.5 Å². The van der Waals surface area contributed by atoms with Gasteiger partial charge in [-0.15, -0.1) is 0 Å². The molecule has 0 spiro atoms. The zero-order valence-electron chi connectivity index (χ0n) is 11.2. The van der Waals surface area contributed by atoms with E-state index in [-0.39, 0.29) is 11.9 Å². The van der Waals surface area contributed by atoms with Gasteiger partial charge >= 0.3 is 0 Å². The molecule has 3 heteroatoms. The molecule has 0 fully saturated rings. The molecule has 0 saturated heterocycles. The van der Waals surface area contributed by atoms with Crippen molar-refractivity contribution >= 4 is 17.3 Å². The highest BCUT2D eigenvalue weighted by molar-refractivity contribution is 6.04. The van der Waals surface area contributed by atoms with Crippen molar-refractivity contribution in [2.75, 3.05) is 16.8 Å². The number of hydrogen-bond donors (Lipinski definition) is 1. The van der Waals surface area contributed by atoms with Crippen molar-refractivity contribution in [3.8, 4) is 0 Å². The summed E-state index contributed by atoms with van der Waals surface area (Å²) >= 11 is 0. The largest absolute Gasteiger partial charge is 0.356 e. The van der Waals surface area contributed by atoms with Gasteiger partial charge in [-0.2, -0.15) is 0 Å². The molecule has 2 heterocycles. The minimum atomic E-state index is -0.187. The van der Waals surface area contributed by atoms with Gasteiger partial charge in [-0.1, -0.05) is 36.4 Å². The van der Waals surface area contributed by atoms with Crippen LogP contribution in [0, 0.1) is 0 Å². The summed E-state index contributed by atoms with van der Waals surface area (Å²) in [7, 11) is 0. The molecule has 4 rings (SSSR count). The first-order valence-corrected chi connectivity index (χ1v) is 7.09. The van der Waals surface area contributed by atoms with E-state index >= 15 is 0 Å². The van der Waals surface area contributed by atoms with Crippen LogP contribution in [0.4, 0.5) is 11.4 Å². The molecule has 2 aliphatic heterocycles. The number of nitrogens with one attached hydrogen (secondary N) is 1. The van der Waals surface area contributed by atoms with Gasteiger partial charge in [0.2, 0.25) is 0 Å². The quantitative estimate of drug-likeness (QED) is 0.858. The Labute approximate surface area is 118 Å². The predicted molar refractivity (Wildman–Crippen MR) is 79.9 cm³/mol. The number of benzene rings is 2. The molecule has 1 amide bonds. The van der Waals surface area contributed by atoms with Crippen LogP contribution in [0.3, 0.4) is 0 Å². The number of rotatable bonds is 1. The fourth-order valence-corrected chi connectivity index (χ4v) is 3.33. The first-order valence-electron chi connectivity index (χ1n) is 7.09. The lowest BCUT2D eigenvalue weighted by atomic mass is 9.97. The van der Waals surface area contributed by atoms with Crippen molar-refractivity contribution in [2.24, 2.45) is 0 Å². The standard InChI is InChI=1S/C17H16N2O/c20-17-16(13-8-2-3-9-14(13)18-17)19-11-5-7-12-6-1-4-10-15(12)19/h1-4,6,8-10,16H,5,7,11H2,(H,18,20). The van der Waals surface area contributed by atoms with Crippen LogP contribution in [0.15, 0.2) is 48.5 Å². The number of carbonyl (C=O) groups excluding carboxylic acids is 1. The Hall–Kier alpha value is -2.29. The Kier molecular flexibility index (Phi) is 2.52. The number of para-hydroxylation sites is 2. The van der Waals surface area contributed by atoms with Gasteiger partial charge in [0.15, 0.2) is 0 Å². The number of hydrogen-bond acceptors (Lipinski definition) is 2. The molecule has 1 unspecified atom stereocenters. The van der Waals surface area contributed by atoms with E-state index in [2.05, 4.69) is 40.5 Å². The average Bonchev–Trinajstić information content (AvgIpc) is 2.82. The lowest BCUT2D eigenvalue weighted by molar-refractivity contribution is -0.117. The molecule has 0 bridgehead atoms. The highest BCUT2D eigenvalue weighted by Crippen LogP contribution is 2.40. The smallest absolute Gasteiger partial charge is 0.251 e. The molecule has 100 valence electrons. The van der Waals surface area contributed by atoms with Crippen LogP contribution in [-0.2, 0) is 11.2 Å². The molecule has 1 N–H and O–H groups in total. The minimum absolute atomic E-state index is 0.0860. The van der Waals surface area contributed by atoms with Crippen LogP contribution in [0.25, 0.3) is 0 Å². The third-order valence-corrected chi connectivity index (χ3v) is 4.22. The summed E-state index contributed by atoms with van der Waals surface area (Å²) in [6, 6.07) is 16.2. The Balaban J connectivity index is 1.81. The van der Waals surface area contributed by atoms with E-state index < -0.39 is 0 Å². The van der Waals surface area contributed by atoms with E-state index in [1.807, 2.05) is 18.2 Å². The second-order valence-electron chi connectivity index (χ2n) is 5.40. The second kappa shape index (κ2) is 4.37. The van der Waals surface area contributed by atoms with E-state index in [0.717, 1.165) is 30.6 Å². The lowest BCUT2D eigenvalue weighted by Gasteiger charge is -2.35. The Morgan fingerprint density at radius 1 is 1.05 bits per heavy atom. The fraction of sp³-hybridized carbons (Fsp3) is 0.235. The highest BCUT2D eigenvalue weighted by atomic mass is 16.2. The molecule has 3 nitrogen and oxygen atoms in total. The molecule has 20 heavy (non-hydrogen) atoms. The summed E-state index contributed by atoms with van der Waals surface area (Å²) in [5, 5.41) is 2.99. The first kappa shape index (κ1) is 11.5. The molecule has 0 saturated carbocycles. The molecule has 2 aliphatic rings. The van der Waals surface area contributed by atoms with Crippen molar-refractivity contribution in [2.45, 2.75) is 18.9 Å². The maximum absolute atomic E-state index is 12.4. The van der Waals surface area contributed by atoms with Gasteiger partial charge in [-0.3, -0.25) is 4.79 Å². The normalized spacial score (nSPS) is 20.3. The predicted octanol–water partition coefficient (Wildman–Crippen LogP) is 3.13. The summed E-state index contributed by atoms with van der Waals surface area (Å²) in [5.74, 6) is 0.0860. The van der Waals surface area contributed by atoms with E-state index in [1.165, 1.54) is 11.3 Å². The summed E-state index contributed by atoms with van der Waals surface area (Å²) in [6.07, 6.45) is 2.20.